The fraction of sp³-hybridized carbons (Fsp3) is 0.517. The summed E-state index contributed by atoms with van der Waals surface area (Å²) in [6.07, 6.45) is -0.626. The van der Waals surface area contributed by atoms with Crippen LogP contribution in [0.2, 0.25) is 5.82 Å². The zero-order valence-electron chi connectivity index (χ0n) is 23.7. The van der Waals surface area contributed by atoms with Gasteiger partial charge in [-0.3, -0.25) is 19.3 Å². The van der Waals surface area contributed by atoms with E-state index in [4.69, 9.17) is 9.31 Å². The number of rotatable bonds is 10. The molecule has 0 aliphatic carbocycles. The summed E-state index contributed by atoms with van der Waals surface area (Å²) in [6.45, 7) is 9.57. The van der Waals surface area contributed by atoms with Crippen molar-refractivity contribution in [3.8, 4) is 11.3 Å². The Bertz CT molecular complexity index is 1130. The highest BCUT2D eigenvalue weighted by molar-refractivity contribution is 6.49. The van der Waals surface area contributed by atoms with Crippen molar-refractivity contribution in [1.29, 1.82) is 0 Å². The maximum absolute atomic E-state index is 13.5. The zero-order chi connectivity index (χ0) is 28.7. The van der Waals surface area contributed by atoms with E-state index < -0.39 is 43.0 Å². The molecule has 0 saturated carbocycles. The van der Waals surface area contributed by atoms with Crippen molar-refractivity contribution in [2.75, 3.05) is 13.7 Å². The first-order valence-corrected chi connectivity index (χ1v) is 13.6. The molecule has 3 rings (SSSR count). The normalized spacial score (nSPS) is 20.9. The van der Waals surface area contributed by atoms with Crippen LogP contribution in [0.15, 0.2) is 48.5 Å². The Labute approximate surface area is 231 Å². The number of aliphatic hydroxyl groups excluding tert-OH is 1. The molecule has 1 amide bonds. The summed E-state index contributed by atoms with van der Waals surface area (Å²) in [5.41, 5.74) is 1.62. The zero-order valence-corrected chi connectivity index (χ0v) is 23.7. The Morgan fingerprint density at radius 1 is 1.13 bits per heavy atom. The molecule has 1 fully saturated rings. The number of amides is 1. The molecule has 5 atom stereocenters. The average Bonchev–Trinajstić information content (AvgIpc) is 2.91. The maximum Gasteiger partial charge on any atom is 0.531 e. The number of pyridine rings is 1. The standard InChI is InChI=1S/C29H40BN3O6/c1-18(2)15-23(30-38-17-19(3)33(6)20(4)29(37)39-30)16-26(35)27(21(5)34)32-28(36)25-14-10-13-24(31-25)22-11-8-7-9-12-22/h7-14,18-21,23,27,34H,15-17H2,1-6H3,(H,32,36)/t19-,20+,21+,23+,27-/m0/s1. The molecule has 1 aromatic carbocycles. The van der Waals surface area contributed by atoms with Crippen molar-refractivity contribution < 1.29 is 28.8 Å². The third-order valence-corrected chi connectivity index (χ3v) is 7.17. The van der Waals surface area contributed by atoms with Gasteiger partial charge < -0.3 is 19.7 Å². The fourth-order valence-corrected chi connectivity index (χ4v) is 4.68. The average molecular weight is 537 g/mol. The van der Waals surface area contributed by atoms with Crippen molar-refractivity contribution in [3.63, 3.8) is 0 Å². The number of likely N-dealkylation sites (N-methyl/N-ethyl adjacent to an activating group) is 1. The first kappa shape index (κ1) is 30.5. The first-order chi connectivity index (χ1) is 18.5. The van der Waals surface area contributed by atoms with Crippen LogP contribution in [0, 0.1) is 5.92 Å². The minimum atomic E-state index is -1.16. The number of benzene rings is 1. The number of ketones is 1. The number of nitrogens with zero attached hydrogens (tertiary/aromatic N) is 2. The number of aromatic nitrogens is 1. The first-order valence-electron chi connectivity index (χ1n) is 13.6. The highest BCUT2D eigenvalue weighted by atomic mass is 16.6. The molecule has 2 N–H and O–H groups in total. The largest absolute Gasteiger partial charge is 0.531 e. The lowest BCUT2D eigenvalue weighted by Crippen LogP contribution is -2.52. The maximum atomic E-state index is 13.5. The van der Waals surface area contributed by atoms with Gasteiger partial charge in [0.05, 0.1) is 11.8 Å². The molecule has 210 valence electrons. The highest BCUT2D eigenvalue weighted by Crippen LogP contribution is 2.29. The summed E-state index contributed by atoms with van der Waals surface area (Å²) in [7, 11) is 0.937. The lowest BCUT2D eigenvalue weighted by Gasteiger charge is -2.35. The van der Waals surface area contributed by atoms with Crippen LogP contribution >= 0.6 is 0 Å². The fourth-order valence-electron chi connectivity index (χ4n) is 4.68. The number of hydrogen-bond acceptors (Lipinski definition) is 8. The van der Waals surface area contributed by atoms with Crippen LogP contribution in [0.3, 0.4) is 0 Å². The topological polar surface area (TPSA) is 118 Å². The molecule has 1 aromatic heterocycles. The molecule has 0 unspecified atom stereocenters. The number of aliphatic hydroxyl groups is 1. The van der Waals surface area contributed by atoms with Gasteiger partial charge in [-0.2, -0.15) is 0 Å². The summed E-state index contributed by atoms with van der Waals surface area (Å²) in [4.78, 5) is 45.7. The minimum absolute atomic E-state index is 0.0191. The van der Waals surface area contributed by atoms with Crippen LogP contribution < -0.4 is 5.32 Å². The highest BCUT2D eigenvalue weighted by Gasteiger charge is 2.41. The van der Waals surface area contributed by atoms with Gasteiger partial charge in [0.2, 0.25) is 0 Å². The van der Waals surface area contributed by atoms with Crippen LogP contribution in [0.25, 0.3) is 11.3 Å². The second kappa shape index (κ2) is 13.8. The quantitative estimate of drug-likeness (QED) is 0.443. The van der Waals surface area contributed by atoms with E-state index in [9.17, 15) is 19.5 Å². The molecule has 2 heterocycles. The van der Waals surface area contributed by atoms with Crippen molar-refractivity contribution >= 4 is 24.8 Å². The number of hydrogen-bond donors (Lipinski definition) is 2. The molecular formula is C29H40BN3O6. The minimum Gasteiger partial charge on any atom is -0.508 e. The van der Waals surface area contributed by atoms with Gasteiger partial charge >= 0.3 is 13.1 Å². The molecule has 1 saturated heterocycles. The smallest absolute Gasteiger partial charge is 0.508 e. The number of Topliss-reactive ketones (excluding diaryl/α,β-unsaturated/α-hetero) is 1. The number of carbonyl (C=O) groups excluding carboxylic acids is 3. The predicted molar refractivity (Wildman–Crippen MR) is 150 cm³/mol. The molecule has 1 aliphatic rings. The monoisotopic (exact) mass is 537 g/mol. The third kappa shape index (κ3) is 8.21. The summed E-state index contributed by atoms with van der Waals surface area (Å²) in [5.74, 6) is -1.60. The summed E-state index contributed by atoms with van der Waals surface area (Å²) in [6, 6.07) is 12.9. The third-order valence-electron chi connectivity index (χ3n) is 7.17. The van der Waals surface area contributed by atoms with Crippen LogP contribution in [-0.2, 0) is 18.9 Å². The van der Waals surface area contributed by atoms with Crippen LogP contribution in [-0.4, -0.2) is 77.7 Å². The number of nitrogens with one attached hydrogen (secondary N) is 1. The second-order valence-electron chi connectivity index (χ2n) is 10.9. The lowest BCUT2D eigenvalue weighted by atomic mass is 9.64. The summed E-state index contributed by atoms with van der Waals surface area (Å²) in [5, 5.41) is 13.1. The Kier molecular flexibility index (Phi) is 10.8. The van der Waals surface area contributed by atoms with Crippen LogP contribution in [0.5, 0.6) is 0 Å². The van der Waals surface area contributed by atoms with E-state index >= 15 is 0 Å². The summed E-state index contributed by atoms with van der Waals surface area (Å²) < 4.78 is 11.7. The van der Waals surface area contributed by atoms with Gasteiger partial charge in [-0.05, 0) is 52.3 Å². The molecule has 0 bridgehead atoms. The lowest BCUT2D eigenvalue weighted by molar-refractivity contribution is -0.144. The van der Waals surface area contributed by atoms with Gasteiger partial charge in [0, 0.05) is 30.5 Å². The summed E-state index contributed by atoms with van der Waals surface area (Å²) >= 11 is 0. The molecule has 1 aliphatic heterocycles. The van der Waals surface area contributed by atoms with Gasteiger partial charge in [-0.1, -0.05) is 50.2 Å². The van der Waals surface area contributed by atoms with E-state index in [1.54, 1.807) is 25.1 Å². The van der Waals surface area contributed by atoms with Crippen LogP contribution in [0.1, 0.15) is 57.9 Å². The Balaban J connectivity index is 1.76. The van der Waals surface area contributed by atoms with E-state index in [0.29, 0.717) is 18.7 Å². The van der Waals surface area contributed by atoms with Gasteiger partial charge in [-0.15, -0.1) is 0 Å². The number of carbonyl (C=O) groups is 3. The van der Waals surface area contributed by atoms with E-state index in [1.807, 2.05) is 63.1 Å². The molecule has 0 spiro atoms. The molecule has 2 aromatic rings. The van der Waals surface area contributed by atoms with Gasteiger partial charge in [0.15, 0.2) is 5.78 Å². The Morgan fingerprint density at radius 2 is 1.82 bits per heavy atom. The molecule has 39 heavy (non-hydrogen) atoms. The van der Waals surface area contributed by atoms with E-state index in [-0.39, 0.29) is 29.9 Å². The van der Waals surface area contributed by atoms with E-state index in [1.165, 1.54) is 6.92 Å². The second-order valence-corrected chi connectivity index (χ2v) is 10.9. The predicted octanol–water partition coefficient (Wildman–Crippen LogP) is 3.37. The SMILES string of the molecule is CC(C)C[C@H](CC(=O)[C@@H](NC(=O)c1cccc(-c2ccccc2)n1)[C@@H](C)O)B1OC[C@H](C)N(C)[C@H](C)C(=O)O1. The van der Waals surface area contributed by atoms with Gasteiger partial charge in [-0.25, -0.2) is 4.98 Å². The van der Waals surface area contributed by atoms with Gasteiger partial charge in [0.1, 0.15) is 17.8 Å². The molecule has 0 radical (unpaired) electrons. The Morgan fingerprint density at radius 3 is 2.46 bits per heavy atom. The molecular weight excluding hydrogens is 497 g/mol. The van der Waals surface area contributed by atoms with Crippen molar-refractivity contribution in [1.82, 2.24) is 15.2 Å². The van der Waals surface area contributed by atoms with Crippen molar-refractivity contribution in [2.45, 2.75) is 77.5 Å². The molecule has 9 nitrogen and oxygen atoms in total. The Hall–Kier alpha value is -3.08. The van der Waals surface area contributed by atoms with E-state index in [0.717, 1.165) is 5.56 Å². The molecule has 10 heteroatoms. The van der Waals surface area contributed by atoms with Crippen molar-refractivity contribution in [2.24, 2.45) is 5.92 Å². The van der Waals surface area contributed by atoms with Crippen molar-refractivity contribution in [3.05, 3.63) is 54.2 Å². The van der Waals surface area contributed by atoms with Crippen LogP contribution in [0.4, 0.5) is 0 Å². The van der Waals surface area contributed by atoms with E-state index in [2.05, 4.69) is 10.3 Å². The van der Waals surface area contributed by atoms with Gasteiger partial charge in [0.25, 0.3) is 5.91 Å².